The Balaban J connectivity index is 2.23. The van der Waals surface area contributed by atoms with Gasteiger partial charge in [0, 0.05) is 6.54 Å². The summed E-state index contributed by atoms with van der Waals surface area (Å²) in [5.41, 5.74) is 0.739. The molecule has 18 heavy (non-hydrogen) atoms. The molecule has 1 atom stereocenters. The molecule has 0 aliphatic rings. The summed E-state index contributed by atoms with van der Waals surface area (Å²) < 4.78 is 6.36. The molecular formula is C10H14BrN5OS. The molecule has 98 valence electrons. The van der Waals surface area contributed by atoms with Gasteiger partial charge in [-0.1, -0.05) is 4.49 Å². The van der Waals surface area contributed by atoms with Crippen LogP contribution in [-0.2, 0) is 6.54 Å². The van der Waals surface area contributed by atoms with E-state index in [2.05, 4.69) is 35.5 Å². The van der Waals surface area contributed by atoms with Crippen molar-refractivity contribution in [2.24, 2.45) is 0 Å². The molecule has 2 rings (SSSR count). The number of likely N-dealkylation sites (N-methyl/N-ethyl adjacent to an activating group) is 1. The summed E-state index contributed by atoms with van der Waals surface area (Å²) in [6, 6.07) is 0. The molecular weight excluding hydrogens is 318 g/mol. The van der Waals surface area contributed by atoms with Crippen molar-refractivity contribution in [3.63, 3.8) is 0 Å². The van der Waals surface area contributed by atoms with E-state index in [4.69, 9.17) is 0 Å². The molecule has 0 amide bonds. The third-order valence-corrected chi connectivity index (χ3v) is 3.83. The van der Waals surface area contributed by atoms with Gasteiger partial charge in [-0.15, -0.1) is 5.10 Å². The number of aliphatic hydroxyl groups excluding tert-OH is 1. The van der Waals surface area contributed by atoms with Crippen LogP contribution in [0.3, 0.4) is 0 Å². The highest BCUT2D eigenvalue weighted by Gasteiger charge is 2.21. The molecule has 0 aromatic carbocycles. The summed E-state index contributed by atoms with van der Waals surface area (Å²) in [5, 5.41) is 18.3. The Morgan fingerprint density at radius 3 is 2.89 bits per heavy atom. The Kier molecular flexibility index (Phi) is 4.44. The minimum atomic E-state index is -0.746. The normalized spacial score (nSPS) is 13.2. The van der Waals surface area contributed by atoms with Crippen LogP contribution in [0, 0.1) is 0 Å². The predicted octanol–water partition coefficient (Wildman–Crippen LogP) is 1.14. The Labute approximate surface area is 118 Å². The predicted molar refractivity (Wildman–Crippen MR) is 72.5 cm³/mol. The van der Waals surface area contributed by atoms with Crippen LogP contribution in [0.15, 0.2) is 16.9 Å². The lowest BCUT2D eigenvalue weighted by Crippen LogP contribution is -2.21. The van der Waals surface area contributed by atoms with Crippen molar-refractivity contribution in [3.8, 4) is 0 Å². The average Bonchev–Trinajstić information content (AvgIpc) is 2.94. The van der Waals surface area contributed by atoms with Crippen LogP contribution in [0.25, 0.3) is 0 Å². The van der Waals surface area contributed by atoms with Crippen LogP contribution < -0.4 is 0 Å². The topological polar surface area (TPSA) is 67.1 Å². The molecule has 6 nitrogen and oxygen atoms in total. The molecule has 0 radical (unpaired) electrons. The van der Waals surface area contributed by atoms with Crippen LogP contribution in [0.1, 0.15) is 16.7 Å². The third kappa shape index (κ3) is 2.94. The standard InChI is InChI=1S/C10H14BrN5OS/c1-15(2)3-4-16-9(7(11)5-13-16)10(17)8-6-12-14-18-8/h5-6,10,17H,3-4H2,1-2H3. The van der Waals surface area contributed by atoms with E-state index in [9.17, 15) is 5.11 Å². The van der Waals surface area contributed by atoms with Crippen LogP contribution in [-0.4, -0.2) is 50.0 Å². The van der Waals surface area contributed by atoms with Crippen molar-refractivity contribution in [1.82, 2.24) is 24.3 Å². The maximum atomic E-state index is 10.3. The van der Waals surface area contributed by atoms with Crippen molar-refractivity contribution < 1.29 is 5.11 Å². The first-order chi connectivity index (χ1) is 8.59. The van der Waals surface area contributed by atoms with Gasteiger partial charge in [-0.2, -0.15) is 5.10 Å². The van der Waals surface area contributed by atoms with Gasteiger partial charge in [-0.25, -0.2) is 0 Å². The summed E-state index contributed by atoms with van der Waals surface area (Å²) >= 11 is 4.60. The highest BCUT2D eigenvalue weighted by Crippen LogP contribution is 2.29. The number of halogens is 1. The fourth-order valence-corrected chi connectivity index (χ4v) is 2.55. The highest BCUT2D eigenvalue weighted by atomic mass is 79.9. The zero-order valence-electron chi connectivity index (χ0n) is 10.1. The Morgan fingerprint density at radius 1 is 1.50 bits per heavy atom. The lowest BCUT2D eigenvalue weighted by molar-refractivity contribution is 0.208. The number of aromatic nitrogens is 4. The summed E-state index contributed by atoms with van der Waals surface area (Å²) in [7, 11) is 4.00. The van der Waals surface area contributed by atoms with E-state index in [1.54, 1.807) is 17.1 Å². The molecule has 1 unspecified atom stereocenters. The second kappa shape index (κ2) is 5.87. The van der Waals surface area contributed by atoms with E-state index in [1.807, 2.05) is 14.1 Å². The van der Waals surface area contributed by atoms with Crippen molar-refractivity contribution in [2.45, 2.75) is 12.6 Å². The number of aliphatic hydroxyl groups is 1. The van der Waals surface area contributed by atoms with E-state index in [0.717, 1.165) is 23.3 Å². The molecule has 0 saturated heterocycles. The maximum absolute atomic E-state index is 10.3. The molecule has 0 aliphatic heterocycles. The quantitative estimate of drug-likeness (QED) is 0.889. The van der Waals surface area contributed by atoms with Crippen LogP contribution in [0.2, 0.25) is 0 Å². The van der Waals surface area contributed by atoms with Gasteiger partial charge in [-0.05, 0) is 41.6 Å². The third-order valence-electron chi connectivity index (χ3n) is 2.50. The van der Waals surface area contributed by atoms with Gasteiger partial charge >= 0.3 is 0 Å². The molecule has 0 spiro atoms. The van der Waals surface area contributed by atoms with Crippen LogP contribution in [0.5, 0.6) is 0 Å². The van der Waals surface area contributed by atoms with Gasteiger partial charge in [-0.3, -0.25) is 4.68 Å². The molecule has 0 bridgehead atoms. The van der Waals surface area contributed by atoms with Crippen LogP contribution in [0.4, 0.5) is 0 Å². The second-order valence-electron chi connectivity index (χ2n) is 4.13. The van der Waals surface area contributed by atoms with E-state index in [-0.39, 0.29) is 0 Å². The second-order valence-corrected chi connectivity index (χ2v) is 5.80. The molecule has 8 heteroatoms. The molecule has 2 aromatic rings. The van der Waals surface area contributed by atoms with Gasteiger partial charge in [0.25, 0.3) is 0 Å². The van der Waals surface area contributed by atoms with Crippen molar-refractivity contribution >= 4 is 27.5 Å². The first kappa shape index (κ1) is 13.6. The van der Waals surface area contributed by atoms with Crippen LogP contribution >= 0.6 is 27.5 Å². The Bertz CT molecular complexity index is 498. The Hall–Kier alpha value is -0.830. The molecule has 0 saturated carbocycles. The minimum Gasteiger partial charge on any atom is -0.381 e. The molecule has 0 fully saturated rings. The number of hydrogen-bond acceptors (Lipinski definition) is 6. The van der Waals surface area contributed by atoms with E-state index >= 15 is 0 Å². The monoisotopic (exact) mass is 331 g/mol. The summed E-state index contributed by atoms with van der Waals surface area (Å²) in [6.45, 7) is 1.58. The highest BCUT2D eigenvalue weighted by molar-refractivity contribution is 9.10. The average molecular weight is 332 g/mol. The molecule has 2 aromatic heterocycles. The summed E-state index contributed by atoms with van der Waals surface area (Å²) in [4.78, 5) is 2.78. The first-order valence-electron chi connectivity index (χ1n) is 5.41. The van der Waals surface area contributed by atoms with Gasteiger partial charge in [0.1, 0.15) is 6.10 Å². The van der Waals surface area contributed by atoms with Gasteiger partial charge < -0.3 is 10.0 Å². The van der Waals surface area contributed by atoms with E-state index in [0.29, 0.717) is 4.88 Å². The summed E-state index contributed by atoms with van der Waals surface area (Å²) in [6.07, 6.45) is 2.53. The van der Waals surface area contributed by atoms with Crippen molar-refractivity contribution in [2.75, 3.05) is 20.6 Å². The SMILES string of the molecule is CN(C)CCn1ncc(Br)c1C(O)c1cnns1. The fraction of sp³-hybridized carbons (Fsp3) is 0.500. The van der Waals surface area contributed by atoms with Gasteiger partial charge in [0.05, 0.1) is 34.0 Å². The number of rotatable bonds is 5. The maximum Gasteiger partial charge on any atom is 0.134 e. The number of nitrogens with zero attached hydrogens (tertiary/aromatic N) is 5. The smallest absolute Gasteiger partial charge is 0.134 e. The van der Waals surface area contributed by atoms with Gasteiger partial charge in [0.2, 0.25) is 0 Å². The van der Waals surface area contributed by atoms with E-state index in [1.165, 1.54) is 11.5 Å². The largest absolute Gasteiger partial charge is 0.381 e. The fourth-order valence-electron chi connectivity index (χ4n) is 1.55. The molecule has 0 aliphatic carbocycles. The lowest BCUT2D eigenvalue weighted by atomic mass is 10.2. The molecule has 1 N–H and O–H groups in total. The zero-order chi connectivity index (χ0) is 13.1. The number of hydrogen-bond donors (Lipinski definition) is 1. The molecule has 2 heterocycles. The first-order valence-corrected chi connectivity index (χ1v) is 6.97. The Morgan fingerprint density at radius 2 is 2.28 bits per heavy atom. The van der Waals surface area contributed by atoms with Crippen molar-refractivity contribution in [3.05, 3.63) is 27.4 Å². The zero-order valence-corrected chi connectivity index (χ0v) is 12.5. The summed E-state index contributed by atoms with van der Waals surface area (Å²) in [5.74, 6) is 0. The van der Waals surface area contributed by atoms with Gasteiger partial charge in [0.15, 0.2) is 0 Å². The lowest BCUT2D eigenvalue weighted by Gasteiger charge is -2.14. The van der Waals surface area contributed by atoms with E-state index < -0.39 is 6.10 Å². The minimum absolute atomic E-state index is 0.710. The van der Waals surface area contributed by atoms with Crippen molar-refractivity contribution in [1.29, 1.82) is 0 Å².